The first-order valence-electron chi connectivity index (χ1n) is 7.58. The van der Waals surface area contributed by atoms with Crippen LogP contribution in [0.4, 0.5) is 5.69 Å². The van der Waals surface area contributed by atoms with E-state index in [0.29, 0.717) is 22.8 Å². The lowest BCUT2D eigenvalue weighted by Crippen LogP contribution is -2.42. The van der Waals surface area contributed by atoms with E-state index in [0.717, 1.165) is 23.3 Å². The second kappa shape index (κ2) is 5.37. The van der Waals surface area contributed by atoms with Gasteiger partial charge in [0.1, 0.15) is 0 Å². The highest BCUT2D eigenvalue weighted by Gasteiger charge is 2.39. The van der Waals surface area contributed by atoms with Gasteiger partial charge < -0.3 is 16.4 Å². The van der Waals surface area contributed by atoms with Gasteiger partial charge in [-0.2, -0.15) is 0 Å². The molecule has 0 radical (unpaired) electrons. The smallest absolute Gasteiger partial charge is 0.280 e. The SMILES string of the molecule is Nc1cccc(-c2cnc(C(=O)N[C@@H]3C[C@H]4CC[C@@H]3N4)s2)c1. The third-order valence-corrected chi connectivity index (χ3v) is 5.53. The molecular weight excluding hydrogens is 296 g/mol. The van der Waals surface area contributed by atoms with E-state index in [1.54, 1.807) is 6.20 Å². The topological polar surface area (TPSA) is 80.0 Å². The number of nitrogens with zero attached hydrogens (tertiary/aromatic N) is 1. The fraction of sp³-hybridized carbons (Fsp3) is 0.375. The fourth-order valence-corrected chi connectivity index (χ4v) is 4.23. The molecule has 22 heavy (non-hydrogen) atoms. The van der Waals surface area contributed by atoms with Crippen molar-refractivity contribution in [3.63, 3.8) is 0 Å². The largest absolute Gasteiger partial charge is 0.399 e. The number of amides is 1. The van der Waals surface area contributed by atoms with Gasteiger partial charge in [0.15, 0.2) is 5.01 Å². The van der Waals surface area contributed by atoms with Gasteiger partial charge in [0.05, 0.1) is 4.88 Å². The molecule has 4 rings (SSSR count). The van der Waals surface area contributed by atoms with Crippen molar-refractivity contribution in [2.75, 3.05) is 5.73 Å². The monoisotopic (exact) mass is 314 g/mol. The van der Waals surface area contributed by atoms with Crippen molar-refractivity contribution in [1.29, 1.82) is 0 Å². The Morgan fingerprint density at radius 1 is 1.41 bits per heavy atom. The summed E-state index contributed by atoms with van der Waals surface area (Å²) < 4.78 is 0. The molecule has 1 aromatic carbocycles. The molecule has 2 aromatic rings. The van der Waals surface area contributed by atoms with Crippen molar-refractivity contribution >= 4 is 22.9 Å². The Kier molecular flexibility index (Phi) is 3.35. The van der Waals surface area contributed by atoms with Crippen molar-refractivity contribution in [2.24, 2.45) is 0 Å². The Morgan fingerprint density at radius 3 is 3.05 bits per heavy atom. The number of nitrogens with two attached hydrogens (primary N) is 1. The molecule has 114 valence electrons. The van der Waals surface area contributed by atoms with Crippen molar-refractivity contribution in [3.05, 3.63) is 35.5 Å². The number of nitrogen functional groups attached to an aromatic ring is 1. The molecule has 2 aliphatic heterocycles. The molecule has 2 aliphatic rings. The maximum atomic E-state index is 12.4. The van der Waals surface area contributed by atoms with Crippen LogP contribution < -0.4 is 16.4 Å². The molecule has 0 unspecified atom stereocenters. The molecule has 6 heteroatoms. The molecule has 0 spiro atoms. The molecule has 2 fully saturated rings. The Labute approximate surface area is 132 Å². The van der Waals surface area contributed by atoms with Gasteiger partial charge in [-0.1, -0.05) is 12.1 Å². The van der Waals surface area contributed by atoms with E-state index in [1.165, 1.54) is 17.8 Å². The van der Waals surface area contributed by atoms with Crippen LogP contribution in [0.5, 0.6) is 0 Å². The Hall–Kier alpha value is -1.92. The predicted molar refractivity (Wildman–Crippen MR) is 87.8 cm³/mol. The number of anilines is 1. The van der Waals surface area contributed by atoms with Crippen LogP contribution in [0.1, 0.15) is 29.1 Å². The summed E-state index contributed by atoms with van der Waals surface area (Å²) in [5.74, 6) is -0.0699. The second-order valence-electron chi connectivity index (χ2n) is 6.02. The van der Waals surface area contributed by atoms with Gasteiger partial charge in [0.25, 0.3) is 5.91 Å². The summed E-state index contributed by atoms with van der Waals surface area (Å²) in [6.45, 7) is 0. The Morgan fingerprint density at radius 2 is 2.32 bits per heavy atom. The van der Waals surface area contributed by atoms with Crippen molar-refractivity contribution in [3.8, 4) is 10.4 Å². The summed E-state index contributed by atoms with van der Waals surface area (Å²) in [4.78, 5) is 17.6. The normalized spacial score (nSPS) is 26.3. The van der Waals surface area contributed by atoms with Crippen LogP contribution in [0.15, 0.2) is 30.5 Å². The van der Waals surface area contributed by atoms with Crippen LogP contribution in [0.25, 0.3) is 10.4 Å². The number of benzene rings is 1. The van der Waals surface area contributed by atoms with E-state index < -0.39 is 0 Å². The zero-order valence-corrected chi connectivity index (χ0v) is 12.9. The molecule has 0 saturated carbocycles. The van der Waals surface area contributed by atoms with Crippen molar-refractivity contribution in [1.82, 2.24) is 15.6 Å². The number of fused-ring (bicyclic) bond motifs is 2. The minimum Gasteiger partial charge on any atom is -0.399 e. The third-order valence-electron chi connectivity index (χ3n) is 4.49. The summed E-state index contributed by atoms with van der Waals surface area (Å²) in [6, 6.07) is 8.88. The van der Waals surface area contributed by atoms with E-state index in [2.05, 4.69) is 15.6 Å². The van der Waals surface area contributed by atoms with E-state index in [1.807, 2.05) is 24.3 Å². The molecule has 4 N–H and O–H groups in total. The highest BCUT2D eigenvalue weighted by Crippen LogP contribution is 2.30. The minimum absolute atomic E-state index is 0.0699. The van der Waals surface area contributed by atoms with Gasteiger partial charge in [-0.3, -0.25) is 4.79 Å². The minimum atomic E-state index is -0.0699. The van der Waals surface area contributed by atoms with Gasteiger partial charge in [-0.05, 0) is 37.0 Å². The molecule has 1 amide bonds. The first-order valence-corrected chi connectivity index (χ1v) is 8.39. The first kappa shape index (κ1) is 13.7. The van der Waals surface area contributed by atoms with Crippen molar-refractivity contribution < 1.29 is 4.79 Å². The fourth-order valence-electron chi connectivity index (χ4n) is 3.42. The predicted octanol–water partition coefficient (Wildman–Crippen LogP) is 2.01. The van der Waals surface area contributed by atoms with E-state index >= 15 is 0 Å². The Balaban J connectivity index is 1.48. The average Bonchev–Trinajstić information content (AvgIpc) is 3.23. The molecule has 0 aliphatic carbocycles. The molecule has 3 atom stereocenters. The first-order chi connectivity index (χ1) is 10.7. The maximum Gasteiger partial charge on any atom is 0.280 e. The quantitative estimate of drug-likeness (QED) is 0.757. The highest BCUT2D eigenvalue weighted by atomic mass is 32.1. The van der Waals surface area contributed by atoms with Crippen molar-refractivity contribution in [2.45, 2.75) is 37.4 Å². The van der Waals surface area contributed by atoms with E-state index in [9.17, 15) is 4.79 Å². The number of carbonyl (C=O) groups is 1. The van der Waals surface area contributed by atoms with E-state index in [4.69, 9.17) is 5.73 Å². The van der Waals surface area contributed by atoms with Crippen LogP contribution in [0, 0.1) is 0 Å². The van der Waals surface area contributed by atoms with Gasteiger partial charge in [-0.25, -0.2) is 4.98 Å². The number of aromatic nitrogens is 1. The summed E-state index contributed by atoms with van der Waals surface area (Å²) in [5.41, 5.74) is 7.52. The van der Waals surface area contributed by atoms with Crippen LogP contribution in [0.3, 0.4) is 0 Å². The molecule has 2 bridgehead atoms. The van der Waals surface area contributed by atoms with Crippen LogP contribution in [0.2, 0.25) is 0 Å². The molecule has 1 aromatic heterocycles. The number of carbonyl (C=O) groups excluding carboxylic acids is 1. The number of hydrogen-bond acceptors (Lipinski definition) is 5. The Bertz CT molecular complexity index is 714. The zero-order chi connectivity index (χ0) is 15.1. The maximum absolute atomic E-state index is 12.4. The van der Waals surface area contributed by atoms with E-state index in [-0.39, 0.29) is 11.9 Å². The standard InChI is InChI=1S/C16H18N4OS/c17-10-3-1-2-9(6-10)14-8-18-16(22-14)15(21)20-13-7-11-4-5-12(13)19-11/h1-3,6,8,11-13,19H,4-5,7,17H2,(H,20,21)/t11-,12+,13-/m1/s1. The summed E-state index contributed by atoms with van der Waals surface area (Å²) >= 11 is 1.41. The van der Waals surface area contributed by atoms with Crippen LogP contribution in [-0.4, -0.2) is 29.0 Å². The number of thiazole rings is 1. The molecular formula is C16H18N4OS. The van der Waals surface area contributed by atoms with Crippen LogP contribution in [-0.2, 0) is 0 Å². The number of hydrogen-bond donors (Lipinski definition) is 3. The summed E-state index contributed by atoms with van der Waals surface area (Å²) in [5, 5.41) is 7.16. The highest BCUT2D eigenvalue weighted by molar-refractivity contribution is 7.17. The summed E-state index contributed by atoms with van der Waals surface area (Å²) in [7, 11) is 0. The lowest BCUT2D eigenvalue weighted by molar-refractivity contribution is 0.0930. The molecule has 5 nitrogen and oxygen atoms in total. The second-order valence-corrected chi connectivity index (χ2v) is 7.05. The summed E-state index contributed by atoms with van der Waals surface area (Å²) in [6.07, 6.45) is 5.16. The average molecular weight is 314 g/mol. The lowest BCUT2D eigenvalue weighted by Gasteiger charge is -2.20. The molecule has 2 saturated heterocycles. The van der Waals surface area contributed by atoms with Gasteiger partial charge in [0.2, 0.25) is 0 Å². The number of nitrogens with one attached hydrogen (secondary N) is 2. The van der Waals surface area contributed by atoms with Gasteiger partial charge in [0, 0.05) is 30.0 Å². The van der Waals surface area contributed by atoms with Crippen LogP contribution >= 0.6 is 11.3 Å². The number of rotatable bonds is 3. The third kappa shape index (κ3) is 2.48. The zero-order valence-electron chi connectivity index (χ0n) is 12.1. The molecule has 3 heterocycles. The lowest BCUT2D eigenvalue weighted by atomic mass is 9.95. The van der Waals surface area contributed by atoms with Gasteiger partial charge in [-0.15, -0.1) is 11.3 Å². The van der Waals surface area contributed by atoms with Gasteiger partial charge >= 0.3 is 0 Å².